The van der Waals surface area contributed by atoms with E-state index in [0.717, 1.165) is 19.3 Å². The minimum Gasteiger partial charge on any atom is -0.481 e. The van der Waals surface area contributed by atoms with Crippen molar-refractivity contribution in [3.05, 3.63) is 36.7 Å². The normalized spacial score (nSPS) is 11.1. The van der Waals surface area contributed by atoms with E-state index in [9.17, 15) is 13.2 Å². The molecular formula is C19H26N4O4S. The zero-order valence-corrected chi connectivity index (χ0v) is 17.0. The van der Waals surface area contributed by atoms with Gasteiger partial charge in [-0.2, -0.15) is 0 Å². The van der Waals surface area contributed by atoms with Gasteiger partial charge in [-0.1, -0.05) is 32.6 Å². The number of carbonyl (C=O) groups is 1. The highest BCUT2D eigenvalue weighted by atomic mass is 32.2. The monoisotopic (exact) mass is 406 g/mol. The maximum atomic E-state index is 12.5. The van der Waals surface area contributed by atoms with Crippen molar-refractivity contribution in [1.29, 1.82) is 0 Å². The van der Waals surface area contributed by atoms with Gasteiger partial charge in [0.25, 0.3) is 10.0 Å². The highest BCUT2D eigenvalue weighted by Crippen LogP contribution is 2.19. The summed E-state index contributed by atoms with van der Waals surface area (Å²) in [5.74, 6) is 0.283. The second-order valence-corrected chi connectivity index (χ2v) is 7.97. The predicted octanol–water partition coefficient (Wildman–Crippen LogP) is 3.59. The van der Waals surface area contributed by atoms with Crippen molar-refractivity contribution >= 4 is 27.4 Å². The van der Waals surface area contributed by atoms with Crippen LogP contribution in [0.4, 0.5) is 11.5 Å². The van der Waals surface area contributed by atoms with E-state index in [0.29, 0.717) is 12.1 Å². The van der Waals surface area contributed by atoms with E-state index in [1.807, 2.05) is 0 Å². The van der Waals surface area contributed by atoms with Crippen LogP contribution in [0.15, 0.2) is 41.6 Å². The number of hydrogen-bond acceptors (Lipinski definition) is 6. The number of unbranched alkanes of at least 4 members (excludes halogenated alkanes) is 4. The Morgan fingerprint density at radius 3 is 2.46 bits per heavy atom. The molecule has 28 heavy (non-hydrogen) atoms. The van der Waals surface area contributed by atoms with Crippen LogP contribution in [0.5, 0.6) is 5.88 Å². The van der Waals surface area contributed by atoms with Crippen LogP contribution in [0.3, 0.4) is 0 Å². The Labute approximate surface area is 165 Å². The molecule has 0 saturated heterocycles. The quantitative estimate of drug-likeness (QED) is 0.552. The van der Waals surface area contributed by atoms with Gasteiger partial charge in [-0.3, -0.25) is 9.52 Å². The van der Waals surface area contributed by atoms with Gasteiger partial charge in [0.1, 0.15) is 12.1 Å². The van der Waals surface area contributed by atoms with Crippen LogP contribution in [0.2, 0.25) is 0 Å². The average molecular weight is 407 g/mol. The first-order chi connectivity index (χ1) is 13.4. The van der Waals surface area contributed by atoms with E-state index >= 15 is 0 Å². The number of nitrogens with zero attached hydrogens (tertiary/aromatic N) is 2. The summed E-state index contributed by atoms with van der Waals surface area (Å²) in [4.78, 5) is 19.7. The standard InChI is InChI=1S/C19H26N4O4S/c1-3-4-5-6-7-8-18(24)22-15-9-11-16(12-10-15)28(25,26)23-17-13-19(27-2)21-14-20-17/h9-14H,3-8H2,1-2H3,(H,22,24)(H,20,21,23). The molecule has 1 heterocycles. The van der Waals surface area contributed by atoms with E-state index in [4.69, 9.17) is 4.74 Å². The summed E-state index contributed by atoms with van der Waals surface area (Å²) < 4.78 is 32.2. The van der Waals surface area contributed by atoms with Crippen molar-refractivity contribution in [1.82, 2.24) is 9.97 Å². The fourth-order valence-electron chi connectivity index (χ4n) is 2.53. The van der Waals surface area contributed by atoms with Crippen molar-refractivity contribution in [2.45, 2.75) is 50.3 Å². The summed E-state index contributed by atoms with van der Waals surface area (Å²) in [7, 11) is -2.39. The van der Waals surface area contributed by atoms with E-state index < -0.39 is 10.0 Å². The molecule has 0 radical (unpaired) electrons. The lowest BCUT2D eigenvalue weighted by molar-refractivity contribution is -0.116. The zero-order chi connectivity index (χ0) is 20.4. The maximum absolute atomic E-state index is 12.5. The molecule has 9 heteroatoms. The molecule has 2 N–H and O–H groups in total. The minimum absolute atomic E-state index is 0.0580. The Balaban J connectivity index is 1.92. The summed E-state index contributed by atoms with van der Waals surface area (Å²) in [5.41, 5.74) is 0.557. The van der Waals surface area contributed by atoms with Crippen LogP contribution in [-0.4, -0.2) is 31.4 Å². The summed E-state index contributed by atoms with van der Waals surface area (Å²) in [6.45, 7) is 2.15. The van der Waals surface area contributed by atoms with Gasteiger partial charge in [0, 0.05) is 18.2 Å². The molecule has 0 bridgehead atoms. The zero-order valence-electron chi connectivity index (χ0n) is 16.1. The number of ether oxygens (including phenoxy) is 1. The van der Waals surface area contributed by atoms with Gasteiger partial charge < -0.3 is 10.1 Å². The lowest BCUT2D eigenvalue weighted by atomic mass is 10.1. The van der Waals surface area contributed by atoms with Gasteiger partial charge in [-0.05, 0) is 30.7 Å². The topological polar surface area (TPSA) is 110 Å². The van der Waals surface area contributed by atoms with Crippen molar-refractivity contribution in [2.75, 3.05) is 17.1 Å². The smallest absolute Gasteiger partial charge is 0.263 e. The highest BCUT2D eigenvalue weighted by Gasteiger charge is 2.15. The first-order valence-electron chi connectivity index (χ1n) is 9.23. The summed E-state index contributed by atoms with van der Waals surface area (Å²) >= 11 is 0. The number of carbonyl (C=O) groups excluding carboxylic acids is 1. The average Bonchev–Trinajstić information content (AvgIpc) is 2.68. The Morgan fingerprint density at radius 2 is 1.79 bits per heavy atom. The van der Waals surface area contributed by atoms with Gasteiger partial charge in [-0.15, -0.1) is 0 Å². The molecule has 2 aromatic rings. The van der Waals surface area contributed by atoms with Crippen LogP contribution < -0.4 is 14.8 Å². The molecule has 0 aliphatic carbocycles. The van der Waals surface area contributed by atoms with E-state index in [1.165, 1.54) is 44.5 Å². The molecule has 0 atom stereocenters. The summed E-state index contributed by atoms with van der Waals surface area (Å²) in [6, 6.07) is 7.36. The lowest BCUT2D eigenvalue weighted by Crippen LogP contribution is -2.15. The fourth-order valence-corrected chi connectivity index (χ4v) is 3.53. The second kappa shape index (κ2) is 10.6. The Morgan fingerprint density at radius 1 is 1.07 bits per heavy atom. The summed E-state index contributed by atoms with van der Waals surface area (Å²) in [6.07, 6.45) is 7.05. The molecule has 8 nitrogen and oxygen atoms in total. The number of rotatable bonds is 11. The van der Waals surface area contributed by atoms with Crippen molar-refractivity contribution in [3.8, 4) is 5.88 Å². The molecule has 0 spiro atoms. The third kappa shape index (κ3) is 6.80. The van der Waals surface area contributed by atoms with Crippen LogP contribution in [0, 0.1) is 0 Å². The number of anilines is 2. The van der Waals surface area contributed by atoms with Crippen LogP contribution in [0.1, 0.15) is 45.4 Å². The molecule has 0 unspecified atom stereocenters. The number of aromatic nitrogens is 2. The number of sulfonamides is 1. The molecule has 1 amide bonds. The van der Waals surface area contributed by atoms with E-state index in [-0.39, 0.29) is 22.5 Å². The first-order valence-corrected chi connectivity index (χ1v) is 10.7. The molecule has 1 aromatic carbocycles. The second-order valence-electron chi connectivity index (χ2n) is 6.29. The molecule has 0 aliphatic heterocycles. The van der Waals surface area contributed by atoms with Gasteiger partial charge in [0.15, 0.2) is 0 Å². The third-order valence-electron chi connectivity index (χ3n) is 4.05. The minimum atomic E-state index is -3.82. The third-order valence-corrected chi connectivity index (χ3v) is 5.42. The van der Waals surface area contributed by atoms with Gasteiger partial charge in [0.05, 0.1) is 12.0 Å². The number of hydrogen-bond donors (Lipinski definition) is 2. The molecule has 1 aromatic heterocycles. The highest BCUT2D eigenvalue weighted by molar-refractivity contribution is 7.92. The molecule has 2 rings (SSSR count). The van der Waals surface area contributed by atoms with E-state index in [2.05, 4.69) is 26.9 Å². The number of benzene rings is 1. The Bertz CT molecular complexity index is 870. The van der Waals surface area contributed by atoms with Gasteiger partial charge >= 0.3 is 0 Å². The number of nitrogens with one attached hydrogen (secondary N) is 2. The van der Waals surface area contributed by atoms with Crippen molar-refractivity contribution < 1.29 is 17.9 Å². The van der Waals surface area contributed by atoms with Crippen molar-refractivity contribution in [3.63, 3.8) is 0 Å². The number of methoxy groups -OCH3 is 1. The maximum Gasteiger partial charge on any atom is 0.263 e. The Hall–Kier alpha value is -2.68. The molecule has 152 valence electrons. The van der Waals surface area contributed by atoms with Gasteiger partial charge in [0.2, 0.25) is 11.8 Å². The lowest BCUT2D eigenvalue weighted by Gasteiger charge is -2.09. The van der Waals surface area contributed by atoms with Crippen LogP contribution in [0.25, 0.3) is 0 Å². The number of amides is 1. The fraction of sp³-hybridized carbons (Fsp3) is 0.421. The van der Waals surface area contributed by atoms with Crippen molar-refractivity contribution in [2.24, 2.45) is 0 Å². The Kier molecular flexibility index (Phi) is 8.19. The molecule has 0 saturated carbocycles. The molecular weight excluding hydrogens is 380 g/mol. The largest absolute Gasteiger partial charge is 0.481 e. The van der Waals surface area contributed by atoms with E-state index in [1.54, 1.807) is 12.1 Å². The van der Waals surface area contributed by atoms with Crippen LogP contribution >= 0.6 is 0 Å². The first kappa shape index (κ1) is 21.6. The predicted molar refractivity (Wildman–Crippen MR) is 108 cm³/mol. The molecule has 0 aliphatic rings. The summed E-state index contributed by atoms with van der Waals surface area (Å²) in [5, 5.41) is 2.78. The van der Waals surface area contributed by atoms with Crippen LogP contribution in [-0.2, 0) is 14.8 Å². The molecule has 0 fully saturated rings. The SMILES string of the molecule is CCCCCCCC(=O)Nc1ccc(S(=O)(=O)Nc2cc(OC)ncn2)cc1. The van der Waals surface area contributed by atoms with Gasteiger partial charge in [-0.25, -0.2) is 18.4 Å².